The van der Waals surface area contributed by atoms with Crippen LogP contribution in [0.2, 0.25) is 0 Å². The van der Waals surface area contributed by atoms with Crippen LogP contribution in [0.3, 0.4) is 0 Å². The first-order chi connectivity index (χ1) is 16.4. The van der Waals surface area contributed by atoms with Crippen LogP contribution in [0.4, 0.5) is 5.69 Å². The second-order valence-electron chi connectivity index (χ2n) is 10.4. The number of hydrogen-bond acceptors (Lipinski definition) is 4. The fraction of sp³-hybridized carbons (Fsp3) is 0.448. The third-order valence-corrected chi connectivity index (χ3v) is 8.66. The van der Waals surface area contributed by atoms with Crippen molar-refractivity contribution >= 4 is 15.7 Å². The molecule has 0 radical (unpaired) electrons. The molecule has 2 aliphatic rings. The second kappa shape index (κ2) is 9.46. The van der Waals surface area contributed by atoms with Crippen LogP contribution in [0.5, 0.6) is 0 Å². The highest BCUT2D eigenvalue weighted by Gasteiger charge is 2.35. The van der Waals surface area contributed by atoms with E-state index in [1.165, 1.54) is 4.31 Å². The summed E-state index contributed by atoms with van der Waals surface area (Å²) in [5, 5.41) is 10.3. The molecule has 2 atom stereocenters. The first-order valence-corrected chi connectivity index (χ1v) is 13.6. The summed E-state index contributed by atoms with van der Waals surface area (Å²) in [5.74, 6) is 6.26. The smallest absolute Gasteiger partial charge is 0.264 e. The maximum atomic E-state index is 13.7. The van der Waals surface area contributed by atoms with Crippen LogP contribution in [0, 0.1) is 18.8 Å². The molecule has 0 saturated carbocycles. The van der Waals surface area contributed by atoms with Crippen molar-refractivity contribution in [3.8, 4) is 11.8 Å². The van der Waals surface area contributed by atoms with Crippen molar-refractivity contribution in [3.05, 3.63) is 70.3 Å². The number of fused-ring (bicyclic) bond motifs is 2. The molecule has 186 valence electrons. The number of rotatable bonds is 3. The van der Waals surface area contributed by atoms with Crippen molar-refractivity contribution in [1.29, 1.82) is 0 Å². The lowest BCUT2D eigenvalue weighted by atomic mass is 9.81. The molecule has 2 aromatic rings. The highest BCUT2D eigenvalue weighted by atomic mass is 32.2. The maximum Gasteiger partial charge on any atom is 0.264 e. The van der Waals surface area contributed by atoms with Crippen molar-refractivity contribution in [2.45, 2.75) is 83.0 Å². The lowest BCUT2D eigenvalue weighted by Gasteiger charge is -2.30. The summed E-state index contributed by atoms with van der Waals surface area (Å²) in [6.07, 6.45) is 2.42. The number of aryl methyl sites for hydroxylation is 1. The van der Waals surface area contributed by atoms with E-state index in [0.717, 1.165) is 46.2 Å². The van der Waals surface area contributed by atoms with Crippen LogP contribution in [0.1, 0.15) is 74.3 Å². The third-order valence-electron chi connectivity index (χ3n) is 6.83. The van der Waals surface area contributed by atoms with Gasteiger partial charge in [0.2, 0.25) is 0 Å². The molecule has 1 N–H and O–H groups in total. The van der Waals surface area contributed by atoms with Crippen LogP contribution in [-0.2, 0) is 27.8 Å². The highest BCUT2D eigenvalue weighted by molar-refractivity contribution is 7.92. The van der Waals surface area contributed by atoms with Crippen LogP contribution in [0.15, 0.2) is 47.4 Å². The Morgan fingerprint density at radius 2 is 1.89 bits per heavy atom. The number of nitrogens with zero attached hydrogens (tertiary/aromatic N) is 1. The zero-order chi connectivity index (χ0) is 25.5. The Morgan fingerprint density at radius 1 is 1.20 bits per heavy atom. The Balaban J connectivity index is 1.96. The Kier molecular flexibility index (Phi) is 6.89. The summed E-state index contributed by atoms with van der Waals surface area (Å²) in [4.78, 5) is 0.278. The lowest BCUT2D eigenvalue weighted by Crippen LogP contribution is -2.29. The van der Waals surface area contributed by atoms with Gasteiger partial charge in [-0.2, -0.15) is 0 Å². The zero-order valence-electron chi connectivity index (χ0n) is 21.3. The third kappa shape index (κ3) is 5.18. The number of allylic oxidation sites excluding steroid dienone is 1. The largest absolute Gasteiger partial charge is 0.378 e. The van der Waals surface area contributed by atoms with E-state index in [9.17, 15) is 13.5 Å². The van der Waals surface area contributed by atoms with E-state index in [-0.39, 0.29) is 16.9 Å². The highest BCUT2D eigenvalue weighted by Crippen LogP contribution is 2.43. The average Bonchev–Trinajstić information content (AvgIpc) is 3.19. The topological polar surface area (TPSA) is 66.8 Å². The molecule has 0 bridgehead atoms. The molecule has 6 heteroatoms. The van der Waals surface area contributed by atoms with Crippen molar-refractivity contribution in [2.24, 2.45) is 0 Å². The van der Waals surface area contributed by atoms with Gasteiger partial charge in [0.25, 0.3) is 10.0 Å². The van der Waals surface area contributed by atoms with Gasteiger partial charge in [-0.05, 0) is 88.8 Å². The van der Waals surface area contributed by atoms with Crippen LogP contribution in [-0.4, -0.2) is 31.8 Å². The van der Waals surface area contributed by atoms with E-state index in [1.54, 1.807) is 26.0 Å². The molecule has 2 heterocycles. The quantitative estimate of drug-likeness (QED) is 0.470. The zero-order valence-corrected chi connectivity index (χ0v) is 22.1. The summed E-state index contributed by atoms with van der Waals surface area (Å²) in [7, 11) is -3.74. The Morgan fingerprint density at radius 3 is 2.51 bits per heavy atom. The summed E-state index contributed by atoms with van der Waals surface area (Å²) >= 11 is 0. The van der Waals surface area contributed by atoms with Gasteiger partial charge in [0.1, 0.15) is 5.60 Å². The number of aliphatic hydroxyl groups is 1. The van der Waals surface area contributed by atoms with Crippen molar-refractivity contribution < 1.29 is 18.3 Å². The molecule has 0 spiro atoms. The molecule has 2 unspecified atom stereocenters. The van der Waals surface area contributed by atoms with Gasteiger partial charge in [0.15, 0.2) is 0 Å². The SMILES string of the molecule is C=C(C)C1CCC(C)OCc2c1cc1c(c2C#CC(C)(C)O)CCN1S(=O)(=O)c1ccc(C)cc1. The van der Waals surface area contributed by atoms with Gasteiger partial charge < -0.3 is 9.84 Å². The van der Waals surface area contributed by atoms with Crippen molar-refractivity contribution in [3.63, 3.8) is 0 Å². The van der Waals surface area contributed by atoms with Gasteiger partial charge in [-0.15, -0.1) is 0 Å². The Labute approximate surface area is 209 Å². The average molecular weight is 494 g/mol. The van der Waals surface area contributed by atoms with Crippen LogP contribution >= 0.6 is 0 Å². The number of sulfonamides is 1. The van der Waals surface area contributed by atoms with Gasteiger partial charge in [0.05, 0.1) is 23.3 Å². The van der Waals surface area contributed by atoms with E-state index < -0.39 is 15.6 Å². The lowest BCUT2D eigenvalue weighted by molar-refractivity contribution is 0.0413. The minimum absolute atomic E-state index is 0.0777. The molecule has 4 rings (SSSR count). The monoisotopic (exact) mass is 493 g/mol. The van der Waals surface area contributed by atoms with Gasteiger partial charge in [0, 0.05) is 18.0 Å². The normalized spacial score (nSPS) is 20.2. The summed E-state index contributed by atoms with van der Waals surface area (Å²) < 4.78 is 35.1. The minimum Gasteiger partial charge on any atom is -0.378 e. The molecule has 35 heavy (non-hydrogen) atoms. The molecule has 2 aromatic carbocycles. The second-order valence-corrected chi connectivity index (χ2v) is 12.2. The minimum atomic E-state index is -3.74. The standard InChI is InChI=1S/C29H35NO4S/c1-19(2)23-12-9-21(4)34-18-27-24(13-15-29(5,6)31)25-14-16-30(28(25)17-26(23)27)35(32,33)22-10-7-20(3)8-11-22/h7-8,10-11,17,21,23,31H,1,9,12,14,16,18H2,2-6H3. The first-order valence-electron chi connectivity index (χ1n) is 12.2. The van der Waals surface area contributed by atoms with Gasteiger partial charge in [-0.1, -0.05) is 41.7 Å². The fourth-order valence-corrected chi connectivity index (χ4v) is 6.37. The van der Waals surface area contributed by atoms with E-state index in [1.807, 2.05) is 32.0 Å². The maximum absolute atomic E-state index is 13.7. The van der Waals surface area contributed by atoms with E-state index in [0.29, 0.717) is 25.3 Å². The van der Waals surface area contributed by atoms with Crippen LogP contribution in [0.25, 0.3) is 0 Å². The van der Waals surface area contributed by atoms with E-state index in [4.69, 9.17) is 4.74 Å². The van der Waals surface area contributed by atoms with Crippen molar-refractivity contribution in [1.82, 2.24) is 0 Å². The van der Waals surface area contributed by atoms with E-state index >= 15 is 0 Å². The molecule has 0 aromatic heterocycles. The Bertz CT molecular complexity index is 1310. The van der Waals surface area contributed by atoms with Crippen LogP contribution < -0.4 is 4.31 Å². The number of anilines is 1. The molecule has 2 aliphatic heterocycles. The van der Waals surface area contributed by atoms with Gasteiger partial charge in [-0.25, -0.2) is 8.42 Å². The number of benzene rings is 2. The van der Waals surface area contributed by atoms with Gasteiger partial charge in [-0.3, -0.25) is 4.31 Å². The number of ether oxygens (including phenoxy) is 1. The number of hydrogen-bond donors (Lipinski definition) is 1. The summed E-state index contributed by atoms with van der Waals surface area (Å²) in [5.41, 5.74) is 5.22. The predicted molar refractivity (Wildman–Crippen MR) is 140 cm³/mol. The fourth-order valence-electron chi connectivity index (χ4n) is 4.88. The molecule has 0 aliphatic carbocycles. The summed E-state index contributed by atoms with van der Waals surface area (Å²) in [6, 6.07) is 8.99. The summed E-state index contributed by atoms with van der Waals surface area (Å²) in [6.45, 7) is 14.3. The van der Waals surface area contributed by atoms with Crippen molar-refractivity contribution in [2.75, 3.05) is 10.8 Å². The van der Waals surface area contributed by atoms with Gasteiger partial charge >= 0.3 is 0 Å². The molecular weight excluding hydrogens is 458 g/mol. The van der Waals surface area contributed by atoms with E-state index in [2.05, 4.69) is 25.3 Å². The first kappa shape index (κ1) is 25.5. The molecule has 0 fully saturated rings. The molecule has 0 saturated heterocycles. The predicted octanol–water partition coefficient (Wildman–Crippen LogP) is 5.23. The molecule has 5 nitrogen and oxygen atoms in total. The molecule has 0 amide bonds. The molecular formula is C29H35NO4S. The Hall–Kier alpha value is -2.59.